The molecule has 1 heterocycles. The van der Waals surface area contributed by atoms with E-state index in [0.29, 0.717) is 36.3 Å². The van der Waals surface area contributed by atoms with Crippen molar-refractivity contribution in [3.63, 3.8) is 0 Å². The molecule has 5 rings (SSSR count). The van der Waals surface area contributed by atoms with Crippen molar-refractivity contribution >= 4 is 12.0 Å². The Balaban J connectivity index is 1.49. The average Bonchev–Trinajstić information content (AvgIpc) is 3.10. The van der Waals surface area contributed by atoms with Crippen molar-refractivity contribution in [1.29, 1.82) is 0 Å². The second-order valence-electron chi connectivity index (χ2n) is 11.1. The van der Waals surface area contributed by atoms with E-state index in [1.807, 2.05) is 18.3 Å². The molecular formula is C27H34N2O4. The zero-order valence-electron chi connectivity index (χ0n) is 19.9. The van der Waals surface area contributed by atoms with E-state index in [1.165, 1.54) is 12.5 Å². The summed E-state index contributed by atoms with van der Waals surface area (Å²) in [5.41, 5.74) is 3.74. The van der Waals surface area contributed by atoms with Crippen LogP contribution < -0.4 is 0 Å². The number of fused-ring (bicyclic) bond motifs is 5. The van der Waals surface area contributed by atoms with Crippen LogP contribution in [0.4, 0.5) is 0 Å². The van der Waals surface area contributed by atoms with Gasteiger partial charge in [-0.05, 0) is 85.3 Å². The molecular weight excluding hydrogens is 416 g/mol. The minimum absolute atomic E-state index is 0.0865. The van der Waals surface area contributed by atoms with E-state index in [4.69, 9.17) is 4.74 Å². The van der Waals surface area contributed by atoms with Crippen molar-refractivity contribution < 1.29 is 14.5 Å². The highest BCUT2D eigenvalue weighted by molar-refractivity contribution is 5.66. The molecule has 33 heavy (non-hydrogen) atoms. The Morgan fingerprint density at radius 1 is 1.15 bits per heavy atom. The fourth-order valence-electron chi connectivity index (χ4n) is 7.99. The van der Waals surface area contributed by atoms with Gasteiger partial charge in [-0.2, -0.15) is 0 Å². The maximum atomic E-state index is 12.3. The standard InChI is InChI=1S/C27H34N2O4/c1-17(30)33-20-9-11-27(3)23-10-12-26(2)18(14-19-6-4-5-13-28-19)7-8-22(26)21(23)16-25(29(31)32)24(27)15-20/h4-6,13-14,20-23H,7-12,15-16H2,1-3H3/b18-14+/t20-,21-,22-,23-,26+,27+/m0/s1. The molecule has 6 atom stereocenters. The lowest BCUT2D eigenvalue weighted by Gasteiger charge is -2.57. The maximum Gasteiger partial charge on any atom is 0.302 e. The normalized spacial score (nSPS) is 38.9. The topological polar surface area (TPSA) is 82.3 Å². The van der Waals surface area contributed by atoms with Gasteiger partial charge in [-0.3, -0.25) is 19.9 Å². The second-order valence-corrected chi connectivity index (χ2v) is 11.1. The summed E-state index contributed by atoms with van der Waals surface area (Å²) in [5, 5.41) is 12.3. The van der Waals surface area contributed by atoms with Crippen LogP contribution in [0, 0.1) is 38.7 Å². The van der Waals surface area contributed by atoms with Crippen LogP contribution in [0.25, 0.3) is 6.08 Å². The molecule has 6 heteroatoms. The molecule has 0 spiro atoms. The van der Waals surface area contributed by atoms with Crippen LogP contribution in [-0.2, 0) is 9.53 Å². The lowest BCUT2D eigenvalue weighted by Crippen LogP contribution is -2.51. The maximum absolute atomic E-state index is 12.3. The summed E-state index contributed by atoms with van der Waals surface area (Å²) in [6.07, 6.45) is 11.0. The highest BCUT2D eigenvalue weighted by atomic mass is 16.6. The number of aromatic nitrogens is 1. The second kappa shape index (κ2) is 8.07. The molecule has 1 aromatic rings. The first kappa shape index (κ1) is 22.3. The molecule has 0 aliphatic heterocycles. The van der Waals surface area contributed by atoms with Crippen molar-refractivity contribution in [2.75, 3.05) is 0 Å². The van der Waals surface area contributed by atoms with Gasteiger partial charge in [0.1, 0.15) is 6.10 Å². The lowest BCUT2D eigenvalue weighted by molar-refractivity contribution is -0.434. The van der Waals surface area contributed by atoms with Crippen molar-refractivity contribution in [2.45, 2.75) is 78.2 Å². The first-order valence-electron chi connectivity index (χ1n) is 12.4. The predicted molar refractivity (Wildman–Crippen MR) is 125 cm³/mol. The number of ether oxygens (including phenoxy) is 1. The third kappa shape index (κ3) is 3.62. The summed E-state index contributed by atoms with van der Waals surface area (Å²) >= 11 is 0. The molecule has 176 valence electrons. The highest BCUT2D eigenvalue weighted by Crippen LogP contribution is 2.67. The number of esters is 1. The molecule has 0 bridgehead atoms. The molecule has 0 aromatic carbocycles. The minimum atomic E-state index is -0.299. The molecule has 6 nitrogen and oxygen atoms in total. The van der Waals surface area contributed by atoms with Gasteiger partial charge in [-0.25, -0.2) is 0 Å². The number of nitro groups is 1. The largest absolute Gasteiger partial charge is 0.462 e. The van der Waals surface area contributed by atoms with Crippen molar-refractivity contribution in [2.24, 2.45) is 28.6 Å². The van der Waals surface area contributed by atoms with Crippen molar-refractivity contribution in [1.82, 2.24) is 4.98 Å². The van der Waals surface area contributed by atoms with Crippen LogP contribution in [0.2, 0.25) is 0 Å². The van der Waals surface area contributed by atoms with Gasteiger partial charge in [0.05, 0.1) is 10.6 Å². The number of carbonyl (C=O) groups excluding carboxylic acids is 1. The summed E-state index contributed by atoms with van der Waals surface area (Å²) in [6.45, 7) is 6.07. The average molecular weight is 451 g/mol. The quantitative estimate of drug-likeness (QED) is 0.322. The van der Waals surface area contributed by atoms with Gasteiger partial charge in [0.15, 0.2) is 0 Å². The summed E-state index contributed by atoms with van der Waals surface area (Å²) in [6, 6.07) is 6.02. The smallest absolute Gasteiger partial charge is 0.302 e. The molecule has 0 amide bonds. The Kier molecular flexibility index (Phi) is 5.45. The zero-order chi connectivity index (χ0) is 23.4. The Morgan fingerprint density at radius 2 is 1.91 bits per heavy atom. The van der Waals surface area contributed by atoms with Crippen molar-refractivity contribution in [3.8, 4) is 0 Å². The number of rotatable bonds is 3. The van der Waals surface area contributed by atoms with E-state index in [9.17, 15) is 14.9 Å². The fraction of sp³-hybridized carbons (Fsp3) is 0.630. The van der Waals surface area contributed by atoms with E-state index in [1.54, 1.807) is 0 Å². The van der Waals surface area contributed by atoms with Crippen LogP contribution in [0.1, 0.15) is 77.8 Å². The third-order valence-corrected chi connectivity index (χ3v) is 9.55. The molecule has 3 saturated carbocycles. The first-order valence-corrected chi connectivity index (χ1v) is 12.4. The Morgan fingerprint density at radius 3 is 2.61 bits per heavy atom. The number of nitrogens with zero attached hydrogens (tertiary/aromatic N) is 2. The van der Waals surface area contributed by atoms with Gasteiger partial charge in [0.25, 0.3) is 0 Å². The van der Waals surface area contributed by atoms with Gasteiger partial charge in [-0.1, -0.05) is 25.5 Å². The first-order chi connectivity index (χ1) is 15.7. The lowest BCUT2D eigenvalue weighted by atomic mass is 9.47. The molecule has 0 saturated heterocycles. The molecule has 3 fully saturated rings. The molecule has 4 aliphatic rings. The van der Waals surface area contributed by atoms with E-state index < -0.39 is 0 Å². The number of hydrogen-bond donors (Lipinski definition) is 0. The Bertz CT molecular complexity index is 1030. The van der Waals surface area contributed by atoms with Gasteiger partial charge in [0, 0.05) is 31.5 Å². The SMILES string of the molecule is CC(=O)O[C@H]1CC[C@@]2(C)C(=C([N+](=O)[O-])C[C@@H]3[C@@H]2CC[C@]2(C)/C(=C/c4ccccn4)CC[C@@H]32)C1. The van der Waals surface area contributed by atoms with Crippen LogP contribution in [0.15, 0.2) is 41.2 Å². The van der Waals surface area contributed by atoms with Gasteiger partial charge < -0.3 is 4.74 Å². The monoisotopic (exact) mass is 450 g/mol. The molecule has 0 unspecified atom stereocenters. The summed E-state index contributed by atoms with van der Waals surface area (Å²) in [7, 11) is 0. The predicted octanol–water partition coefficient (Wildman–Crippen LogP) is 5.96. The summed E-state index contributed by atoms with van der Waals surface area (Å²) in [5.74, 6) is 0.956. The molecule has 0 radical (unpaired) electrons. The van der Waals surface area contributed by atoms with E-state index in [0.717, 1.165) is 49.8 Å². The summed E-state index contributed by atoms with van der Waals surface area (Å²) in [4.78, 5) is 28.2. The van der Waals surface area contributed by atoms with Crippen LogP contribution in [0.5, 0.6) is 0 Å². The van der Waals surface area contributed by atoms with Gasteiger partial charge in [-0.15, -0.1) is 0 Å². The number of pyridine rings is 1. The minimum Gasteiger partial charge on any atom is -0.462 e. The highest BCUT2D eigenvalue weighted by Gasteiger charge is 2.60. The molecule has 1 aromatic heterocycles. The number of carbonyl (C=O) groups is 1. The number of hydrogen-bond acceptors (Lipinski definition) is 5. The fourth-order valence-corrected chi connectivity index (χ4v) is 7.99. The molecule has 4 aliphatic carbocycles. The van der Waals surface area contributed by atoms with Crippen LogP contribution >= 0.6 is 0 Å². The summed E-state index contributed by atoms with van der Waals surface area (Å²) < 4.78 is 5.50. The third-order valence-electron chi connectivity index (χ3n) is 9.55. The zero-order valence-corrected chi connectivity index (χ0v) is 19.9. The molecule has 0 N–H and O–H groups in total. The Hall–Kier alpha value is -2.50. The van der Waals surface area contributed by atoms with Gasteiger partial charge >= 0.3 is 5.97 Å². The van der Waals surface area contributed by atoms with E-state index in [2.05, 4.69) is 31.0 Å². The van der Waals surface area contributed by atoms with Crippen LogP contribution in [-0.4, -0.2) is 22.0 Å². The van der Waals surface area contributed by atoms with Crippen molar-refractivity contribution in [3.05, 3.63) is 57.0 Å². The van der Waals surface area contributed by atoms with Gasteiger partial charge in [0.2, 0.25) is 5.70 Å². The Labute approximate surface area is 195 Å². The number of allylic oxidation sites excluding steroid dienone is 2. The van der Waals surface area contributed by atoms with E-state index >= 15 is 0 Å². The van der Waals surface area contributed by atoms with E-state index in [-0.39, 0.29) is 27.8 Å². The van der Waals surface area contributed by atoms with Crippen LogP contribution in [0.3, 0.4) is 0 Å².